The lowest BCUT2D eigenvalue weighted by Gasteiger charge is -2.26. The Labute approximate surface area is 155 Å². The molecule has 3 amide bonds. The molecule has 2 unspecified atom stereocenters. The molecule has 9 nitrogen and oxygen atoms in total. The summed E-state index contributed by atoms with van der Waals surface area (Å²) in [6.07, 6.45) is -1.16. The number of benzene rings is 1. The van der Waals surface area contributed by atoms with E-state index in [4.69, 9.17) is 15.4 Å². The Kier molecular flexibility index (Phi) is 7.98. The predicted molar refractivity (Wildman–Crippen MR) is 94.1 cm³/mol. The van der Waals surface area contributed by atoms with Crippen molar-refractivity contribution in [1.82, 2.24) is 16.1 Å². The highest BCUT2D eigenvalue weighted by atomic mass is 16.5. The number of rotatable bonds is 5. The van der Waals surface area contributed by atoms with Gasteiger partial charge in [-0.05, 0) is 43.0 Å². The first-order chi connectivity index (χ1) is 12.8. The van der Waals surface area contributed by atoms with E-state index in [0.717, 1.165) is 6.92 Å². The molecular weight excluding hydrogens is 354 g/mol. The van der Waals surface area contributed by atoms with Crippen LogP contribution in [0.25, 0.3) is 0 Å². The van der Waals surface area contributed by atoms with Crippen molar-refractivity contribution < 1.29 is 29.8 Å². The van der Waals surface area contributed by atoms with Gasteiger partial charge in [0.15, 0.2) is 5.54 Å². The average molecular weight is 373 g/mol. The van der Waals surface area contributed by atoms with Crippen molar-refractivity contribution in [2.24, 2.45) is 0 Å². The van der Waals surface area contributed by atoms with Gasteiger partial charge in [0.25, 0.3) is 17.7 Å². The Morgan fingerprint density at radius 2 is 1.78 bits per heavy atom. The molecule has 0 aliphatic rings. The molecule has 1 aromatic carbocycles. The zero-order valence-corrected chi connectivity index (χ0v) is 14.7. The number of carbonyl (C=O) groups is 3. The maximum Gasteiger partial charge on any atom is 0.278 e. The molecule has 0 spiro atoms. The smallest absolute Gasteiger partial charge is 0.278 e. The zero-order chi connectivity index (χ0) is 20.4. The van der Waals surface area contributed by atoms with Gasteiger partial charge >= 0.3 is 0 Å². The van der Waals surface area contributed by atoms with Crippen LogP contribution in [0.15, 0.2) is 24.3 Å². The van der Waals surface area contributed by atoms with Gasteiger partial charge < -0.3 is 20.8 Å². The molecule has 6 N–H and O–H groups in total. The first kappa shape index (κ1) is 21.7. The Morgan fingerprint density at radius 3 is 2.30 bits per heavy atom. The second kappa shape index (κ2) is 9.94. The van der Waals surface area contributed by atoms with E-state index in [1.54, 1.807) is 0 Å². The third kappa shape index (κ3) is 5.83. The molecule has 9 heteroatoms. The number of likely N-dealkylation sites (N-methyl/N-ethyl adjacent to an activating group) is 1. The van der Waals surface area contributed by atoms with Gasteiger partial charge in [-0.3, -0.25) is 19.6 Å². The summed E-state index contributed by atoms with van der Waals surface area (Å²) in [5, 5.41) is 31.0. The highest BCUT2D eigenvalue weighted by molar-refractivity contribution is 6.12. The molecule has 0 fully saturated rings. The van der Waals surface area contributed by atoms with E-state index in [-0.39, 0.29) is 5.56 Å². The highest BCUT2D eigenvalue weighted by Crippen LogP contribution is 2.09. The molecule has 0 saturated heterocycles. The lowest BCUT2D eigenvalue weighted by molar-refractivity contribution is -0.143. The number of aliphatic hydroxyl groups excluding tert-OH is 2. The third-order valence-corrected chi connectivity index (χ3v) is 3.43. The summed E-state index contributed by atoms with van der Waals surface area (Å²) >= 11 is 0. The molecule has 0 bridgehead atoms. The molecule has 0 aliphatic heterocycles. The van der Waals surface area contributed by atoms with E-state index >= 15 is 0 Å². The Hall–Kier alpha value is -3.37. The van der Waals surface area contributed by atoms with E-state index in [1.807, 2.05) is 0 Å². The summed E-state index contributed by atoms with van der Waals surface area (Å²) in [5.74, 6) is 7.24. The van der Waals surface area contributed by atoms with E-state index in [9.17, 15) is 14.4 Å². The van der Waals surface area contributed by atoms with Crippen molar-refractivity contribution in [3.05, 3.63) is 35.4 Å². The fraction of sp³-hybridized carbons (Fsp3) is 0.278. The van der Waals surface area contributed by atoms with Gasteiger partial charge in [-0.25, -0.2) is 5.48 Å². The van der Waals surface area contributed by atoms with Crippen molar-refractivity contribution >= 4 is 17.7 Å². The summed E-state index contributed by atoms with van der Waals surface area (Å²) in [6, 6.07) is 5.90. The normalized spacial score (nSPS) is 12.8. The monoisotopic (exact) mass is 373 g/mol. The first-order valence-corrected chi connectivity index (χ1v) is 7.68. The number of hydrogen-bond acceptors (Lipinski definition) is 6. The average Bonchev–Trinajstić information content (AvgIpc) is 2.69. The van der Waals surface area contributed by atoms with Gasteiger partial charge in [0, 0.05) is 18.2 Å². The van der Waals surface area contributed by atoms with Crippen molar-refractivity contribution in [2.45, 2.75) is 18.6 Å². The minimum atomic E-state index is -2.01. The fourth-order valence-corrected chi connectivity index (χ4v) is 1.85. The predicted octanol–water partition coefficient (Wildman–Crippen LogP) is -1.87. The summed E-state index contributed by atoms with van der Waals surface area (Å²) in [5.41, 5.74) is 0.0216. The van der Waals surface area contributed by atoms with Crippen molar-refractivity contribution in [2.75, 3.05) is 13.7 Å². The van der Waals surface area contributed by atoms with Crippen LogP contribution in [0.5, 0.6) is 0 Å². The number of carbonyl (C=O) groups excluding carboxylic acids is 3. The number of nitrogens with one attached hydrogen (secondary N) is 3. The van der Waals surface area contributed by atoms with Crippen LogP contribution >= 0.6 is 0 Å². The van der Waals surface area contributed by atoms with Gasteiger partial charge in [0.05, 0.1) is 6.61 Å². The molecular formula is C18H19N3O6. The molecule has 142 valence electrons. The molecule has 1 aromatic rings. The van der Waals surface area contributed by atoms with E-state index in [1.165, 1.54) is 36.8 Å². The molecule has 0 radical (unpaired) electrons. The lowest BCUT2D eigenvalue weighted by atomic mass is 9.99. The summed E-state index contributed by atoms with van der Waals surface area (Å²) in [4.78, 5) is 36.0. The molecule has 0 heterocycles. The summed E-state index contributed by atoms with van der Waals surface area (Å²) < 4.78 is 0. The Bertz CT molecular complexity index is 811. The van der Waals surface area contributed by atoms with Crippen LogP contribution in [0, 0.1) is 23.7 Å². The van der Waals surface area contributed by atoms with Crippen LogP contribution in [0.3, 0.4) is 0 Å². The molecule has 0 aromatic heterocycles. The van der Waals surface area contributed by atoms with Crippen LogP contribution in [0.4, 0.5) is 0 Å². The minimum Gasteiger partial charge on any atom is -0.393 e. The standard InChI is InChI=1S/C18H19N3O6/c1-18(16(25)19-2,17(26)21-27)20-15(24)13-9-7-12(8-10-13)5-3-4-6-14(23)11-22/h7-10,14,22-23,27H,11H2,1-2H3,(H,19,25)(H,20,24)(H,21,26). The van der Waals surface area contributed by atoms with Crippen LogP contribution in [0.2, 0.25) is 0 Å². The molecule has 1 rings (SSSR count). The molecule has 0 aliphatic carbocycles. The van der Waals surface area contributed by atoms with Gasteiger partial charge in [-0.1, -0.05) is 11.8 Å². The molecule has 27 heavy (non-hydrogen) atoms. The lowest BCUT2D eigenvalue weighted by Crippen LogP contribution is -2.64. The second-order valence-corrected chi connectivity index (χ2v) is 5.39. The number of hydroxylamine groups is 1. The minimum absolute atomic E-state index is 0.156. The fourth-order valence-electron chi connectivity index (χ4n) is 1.85. The quantitative estimate of drug-likeness (QED) is 0.154. The van der Waals surface area contributed by atoms with Gasteiger partial charge in [-0.15, -0.1) is 0 Å². The number of hydrogen-bond donors (Lipinski definition) is 6. The second-order valence-electron chi connectivity index (χ2n) is 5.39. The maximum atomic E-state index is 12.3. The highest BCUT2D eigenvalue weighted by Gasteiger charge is 2.42. The Morgan fingerprint density at radius 1 is 1.15 bits per heavy atom. The van der Waals surface area contributed by atoms with Crippen molar-refractivity contribution in [1.29, 1.82) is 0 Å². The SMILES string of the molecule is CNC(=O)C(C)(NC(=O)c1ccc(C#CC#CC(O)CO)cc1)C(=O)NO. The zero-order valence-electron chi connectivity index (χ0n) is 14.7. The van der Waals surface area contributed by atoms with E-state index in [0.29, 0.717) is 5.56 Å². The van der Waals surface area contributed by atoms with Gasteiger partial charge in [0.2, 0.25) is 0 Å². The topological polar surface area (TPSA) is 148 Å². The van der Waals surface area contributed by atoms with Crippen molar-refractivity contribution in [3.8, 4) is 23.7 Å². The maximum absolute atomic E-state index is 12.3. The van der Waals surface area contributed by atoms with E-state index < -0.39 is 36.0 Å². The van der Waals surface area contributed by atoms with Gasteiger partial charge in [-0.2, -0.15) is 0 Å². The summed E-state index contributed by atoms with van der Waals surface area (Å²) in [6.45, 7) is 0.663. The Balaban J connectivity index is 2.93. The van der Waals surface area contributed by atoms with Gasteiger partial charge in [0.1, 0.15) is 6.10 Å². The number of aliphatic hydroxyl groups is 2. The molecule has 0 saturated carbocycles. The largest absolute Gasteiger partial charge is 0.393 e. The van der Waals surface area contributed by atoms with Crippen LogP contribution in [-0.2, 0) is 9.59 Å². The van der Waals surface area contributed by atoms with Crippen LogP contribution in [-0.4, -0.2) is 58.4 Å². The number of amides is 3. The third-order valence-electron chi connectivity index (χ3n) is 3.43. The molecule has 2 atom stereocenters. The first-order valence-electron chi connectivity index (χ1n) is 7.68. The summed E-state index contributed by atoms with van der Waals surface area (Å²) in [7, 11) is 1.29. The van der Waals surface area contributed by atoms with E-state index in [2.05, 4.69) is 34.3 Å². The van der Waals surface area contributed by atoms with Crippen LogP contribution < -0.4 is 16.1 Å². The van der Waals surface area contributed by atoms with Crippen LogP contribution in [0.1, 0.15) is 22.8 Å². The van der Waals surface area contributed by atoms with Crippen molar-refractivity contribution in [3.63, 3.8) is 0 Å².